The van der Waals surface area contributed by atoms with E-state index in [4.69, 9.17) is 4.42 Å². The number of carbonyl (C=O) groups excluding carboxylic acids is 1. The Morgan fingerprint density at radius 1 is 1.42 bits per heavy atom. The average Bonchev–Trinajstić information content (AvgIpc) is 2.96. The van der Waals surface area contributed by atoms with Crippen molar-refractivity contribution in [3.05, 3.63) is 30.1 Å². The number of hydrogen-bond acceptors (Lipinski definition) is 5. The van der Waals surface area contributed by atoms with Gasteiger partial charge in [-0.2, -0.15) is 12.6 Å². The zero-order chi connectivity index (χ0) is 13.4. The summed E-state index contributed by atoms with van der Waals surface area (Å²) >= 11 is 4.25. The summed E-state index contributed by atoms with van der Waals surface area (Å²) in [4.78, 5) is 13.1. The second-order valence-corrected chi connectivity index (χ2v) is 4.99. The maximum atomic E-state index is 13.1. The maximum Gasteiger partial charge on any atom is 0.325 e. The summed E-state index contributed by atoms with van der Waals surface area (Å²) in [5.41, 5.74) is 0.479. The summed E-state index contributed by atoms with van der Waals surface area (Å²) in [6, 6.07) is 5.97. The van der Waals surface area contributed by atoms with Gasteiger partial charge in [-0.25, -0.2) is 4.39 Å². The van der Waals surface area contributed by atoms with Crippen molar-refractivity contribution >= 4 is 24.6 Å². The molecule has 1 aliphatic rings. The number of rotatable bonds is 2. The average molecular weight is 279 g/mol. The van der Waals surface area contributed by atoms with Crippen molar-refractivity contribution in [1.29, 1.82) is 0 Å². The Morgan fingerprint density at radius 2 is 2.26 bits per heavy atom. The molecule has 1 aromatic carbocycles. The second kappa shape index (κ2) is 4.65. The number of nitrogens with zero attached hydrogens (tertiary/aromatic N) is 3. The van der Waals surface area contributed by atoms with Crippen LogP contribution in [0.15, 0.2) is 28.7 Å². The van der Waals surface area contributed by atoms with E-state index in [-0.39, 0.29) is 28.9 Å². The Kier molecular flexibility index (Phi) is 2.98. The van der Waals surface area contributed by atoms with E-state index in [0.717, 1.165) is 0 Å². The molecule has 98 valence electrons. The van der Waals surface area contributed by atoms with E-state index >= 15 is 0 Å². The van der Waals surface area contributed by atoms with Gasteiger partial charge in [-0.3, -0.25) is 9.69 Å². The molecule has 1 amide bonds. The standard InChI is InChI=1S/C12H10FN3O2S/c13-8-3-1-2-7(4-8)11-14-15-12(18-11)16-6-9(19)5-10(16)17/h1-4,9,19H,5-6H2. The van der Waals surface area contributed by atoms with E-state index in [1.807, 2.05) is 0 Å². The topological polar surface area (TPSA) is 59.2 Å². The van der Waals surface area contributed by atoms with Crippen LogP contribution in [0.4, 0.5) is 10.4 Å². The van der Waals surface area contributed by atoms with Gasteiger partial charge >= 0.3 is 6.01 Å². The monoisotopic (exact) mass is 279 g/mol. The van der Waals surface area contributed by atoms with E-state index in [1.54, 1.807) is 12.1 Å². The lowest BCUT2D eigenvalue weighted by Crippen LogP contribution is -2.24. The summed E-state index contributed by atoms with van der Waals surface area (Å²) in [6.45, 7) is 0.437. The Balaban J connectivity index is 1.90. The largest absolute Gasteiger partial charge is 0.403 e. The Hall–Kier alpha value is -1.89. The number of amides is 1. The third kappa shape index (κ3) is 2.33. The number of hydrogen-bond donors (Lipinski definition) is 1. The van der Waals surface area contributed by atoms with Crippen molar-refractivity contribution in [2.75, 3.05) is 11.4 Å². The Morgan fingerprint density at radius 3 is 2.95 bits per heavy atom. The first kappa shape index (κ1) is 12.2. The van der Waals surface area contributed by atoms with Gasteiger partial charge in [0.1, 0.15) is 5.82 Å². The first-order chi connectivity index (χ1) is 9.13. The van der Waals surface area contributed by atoms with Crippen molar-refractivity contribution in [3.63, 3.8) is 0 Å². The molecule has 5 nitrogen and oxygen atoms in total. The van der Waals surface area contributed by atoms with Crippen LogP contribution in [0.25, 0.3) is 11.5 Å². The normalized spacial score (nSPS) is 19.2. The van der Waals surface area contributed by atoms with Gasteiger partial charge in [0, 0.05) is 23.8 Å². The first-order valence-corrected chi connectivity index (χ1v) is 6.23. The molecule has 0 radical (unpaired) electrons. The summed E-state index contributed by atoms with van der Waals surface area (Å²) in [6.07, 6.45) is 0.348. The van der Waals surface area contributed by atoms with Gasteiger partial charge in [0.25, 0.3) is 0 Å². The highest BCUT2D eigenvalue weighted by Crippen LogP contribution is 2.26. The molecule has 2 aromatic rings. The number of benzene rings is 1. The van der Waals surface area contributed by atoms with E-state index in [9.17, 15) is 9.18 Å². The number of halogens is 1. The quantitative estimate of drug-likeness (QED) is 0.853. The minimum absolute atomic E-state index is 0.0305. The predicted molar refractivity (Wildman–Crippen MR) is 69.4 cm³/mol. The predicted octanol–water partition coefficient (Wildman–Crippen LogP) is 1.91. The second-order valence-electron chi connectivity index (χ2n) is 4.26. The van der Waals surface area contributed by atoms with E-state index < -0.39 is 0 Å². The van der Waals surface area contributed by atoms with E-state index in [0.29, 0.717) is 18.5 Å². The maximum absolute atomic E-state index is 13.1. The van der Waals surface area contributed by atoms with Crippen LogP contribution < -0.4 is 4.90 Å². The first-order valence-electron chi connectivity index (χ1n) is 5.71. The van der Waals surface area contributed by atoms with Crippen LogP contribution in [0.3, 0.4) is 0 Å². The van der Waals surface area contributed by atoms with Gasteiger partial charge < -0.3 is 4.42 Å². The molecule has 0 aliphatic carbocycles. The van der Waals surface area contributed by atoms with Crippen LogP contribution in [0.1, 0.15) is 6.42 Å². The van der Waals surface area contributed by atoms with Gasteiger partial charge in [0.05, 0.1) is 0 Å². The molecule has 0 bridgehead atoms. The molecule has 2 heterocycles. The molecule has 3 rings (SSSR count). The molecule has 1 unspecified atom stereocenters. The van der Waals surface area contributed by atoms with Crippen molar-refractivity contribution in [2.24, 2.45) is 0 Å². The van der Waals surface area contributed by atoms with Crippen molar-refractivity contribution < 1.29 is 13.6 Å². The molecular weight excluding hydrogens is 269 g/mol. The van der Waals surface area contributed by atoms with Crippen LogP contribution >= 0.6 is 12.6 Å². The highest BCUT2D eigenvalue weighted by molar-refractivity contribution is 7.81. The number of aromatic nitrogens is 2. The van der Waals surface area contributed by atoms with Crippen LogP contribution in [-0.4, -0.2) is 27.9 Å². The fourth-order valence-electron chi connectivity index (χ4n) is 1.94. The molecule has 1 aliphatic heterocycles. The van der Waals surface area contributed by atoms with Gasteiger partial charge in [0.2, 0.25) is 11.8 Å². The van der Waals surface area contributed by atoms with Crippen molar-refractivity contribution in [1.82, 2.24) is 10.2 Å². The third-order valence-corrected chi connectivity index (χ3v) is 3.17. The van der Waals surface area contributed by atoms with Crippen LogP contribution in [0.5, 0.6) is 0 Å². The number of thiol groups is 1. The van der Waals surface area contributed by atoms with Gasteiger partial charge in [-0.15, -0.1) is 5.10 Å². The molecule has 0 N–H and O–H groups in total. The molecule has 7 heteroatoms. The van der Waals surface area contributed by atoms with E-state index in [2.05, 4.69) is 22.8 Å². The third-order valence-electron chi connectivity index (χ3n) is 2.82. The van der Waals surface area contributed by atoms with Gasteiger partial charge in [-0.1, -0.05) is 11.2 Å². The highest BCUT2D eigenvalue weighted by Gasteiger charge is 2.32. The van der Waals surface area contributed by atoms with Crippen molar-refractivity contribution in [3.8, 4) is 11.5 Å². The summed E-state index contributed by atoms with van der Waals surface area (Å²) in [5.74, 6) is -0.302. The molecule has 1 fully saturated rings. The SMILES string of the molecule is O=C1CC(S)CN1c1nnc(-c2cccc(F)c2)o1. The Labute approximate surface area is 113 Å². The van der Waals surface area contributed by atoms with Gasteiger partial charge in [0.15, 0.2) is 0 Å². The fourth-order valence-corrected chi connectivity index (χ4v) is 2.26. The molecule has 0 saturated carbocycles. The van der Waals surface area contributed by atoms with Gasteiger partial charge in [-0.05, 0) is 18.2 Å². The van der Waals surface area contributed by atoms with Crippen LogP contribution in [0, 0.1) is 5.82 Å². The smallest absolute Gasteiger partial charge is 0.325 e. The molecular formula is C12H10FN3O2S. The number of carbonyl (C=O) groups is 1. The summed E-state index contributed by atoms with van der Waals surface area (Å²) < 4.78 is 18.5. The number of anilines is 1. The lowest BCUT2D eigenvalue weighted by atomic mass is 10.2. The summed E-state index contributed by atoms with van der Waals surface area (Å²) in [7, 11) is 0. The van der Waals surface area contributed by atoms with Crippen LogP contribution in [-0.2, 0) is 4.79 Å². The summed E-state index contributed by atoms with van der Waals surface area (Å²) in [5, 5.41) is 7.62. The van der Waals surface area contributed by atoms with Crippen molar-refractivity contribution in [2.45, 2.75) is 11.7 Å². The minimum Gasteiger partial charge on any atom is -0.403 e. The molecule has 19 heavy (non-hydrogen) atoms. The van der Waals surface area contributed by atoms with Crippen LogP contribution in [0.2, 0.25) is 0 Å². The molecule has 1 aromatic heterocycles. The lowest BCUT2D eigenvalue weighted by Gasteiger charge is -2.08. The Bertz CT molecular complexity index is 631. The lowest BCUT2D eigenvalue weighted by molar-refractivity contribution is -0.117. The fraction of sp³-hybridized carbons (Fsp3) is 0.250. The minimum atomic E-state index is -0.384. The molecule has 0 spiro atoms. The zero-order valence-electron chi connectivity index (χ0n) is 9.78. The zero-order valence-corrected chi connectivity index (χ0v) is 10.7. The highest BCUT2D eigenvalue weighted by atomic mass is 32.1. The van der Waals surface area contributed by atoms with E-state index in [1.165, 1.54) is 17.0 Å². The molecule has 1 atom stereocenters. The molecule has 1 saturated heterocycles.